The third kappa shape index (κ3) is 1.47. The van der Waals surface area contributed by atoms with Gasteiger partial charge in [0.1, 0.15) is 12.2 Å². The molecule has 1 aliphatic rings. The molecule has 3 aromatic rings. The van der Waals surface area contributed by atoms with Gasteiger partial charge in [0, 0.05) is 11.5 Å². The molecule has 0 unspecified atom stereocenters. The summed E-state index contributed by atoms with van der Waals surface area (Å²) >= 11 is 0. The van der Waals surface area contributed by atoms with Crippen LogP contribution in [0.25, 0.3) is 21.5 Å². The van der Waals surface area contributed by atoms with E-state index in [2.05, 4.69) is 0 Å². The molecule has 0 radical (unpaired) electrons. The number of hydrogen-bond donors (Lipinski definition) is 2. The van der Waals surface area contributed by atoms with Gasteiger partial charge in [-0.2, -0.15) is 0 Å². The predicted molar refractivity (Wildman–Crippen MR) is 78.0 cm³/mol. The minimum atomic E-state index is -1.08. The molecule has 0 saturated carbocycles. The average molecular weight is 281 g/mol. The minimum Gasteiger partial charge on any atom is -0.385 e. The van der Waals surface area contributed by atoms with E-state index < -0.39 is 17.1 Å². The lowest BCUT2D eigenvalue weighted by Crippen LogP contribution is -2.15. The smallest absolute Gasteiger partial charge is 0.277 e. The fourth-order valence-electron chi connectivity index (χ4n) is 3.25. The molecule has 0 fully saturated rings. The summed E-state index contributed by atoms with van der Waals surface area (Å²) in [5.74, 6) is 0. The highest BCUT2D eigenvalue weighted by Gasteiger charge is 2.31. The summed E-state index contributed by atoms with van der Waals surface area (Å²) in [6.45, 7) is 0. The zero-order valence-corrected chi connectivity index (χ0v) is 10.9. The van der Waals surface area contributed by atoms with Crippen molar-refractivity contribution in [2.45, 2.75) is 12.2 Å². The van der Waals surface area contributed by atoms with E-state index in [0.29, 0.717) is 21.9 Å². The first kappa shape index (κ1) is 12.3. The monoisotopic (exact) mass is 281 g/mol. The van der Waals surface area contributed by atoms with Crippen LogP contribution >= 0.6 is 0 Å². The zero-order valence-electron chi connectivity index (χ0n) is 10.9. The number of benzene rings is 3. The standard InChI is InChI=1S/C16H11NO4/c18-15-10-3-1-2-8-4-5-9-12(17(20)21)7-6-11(16(15)19)14(9)13(8)10/h1-7,15-16,18-19H/t15-,16-/m0/s1. The molecule has 0 aliphatic heterocycles. The maximum atomic E-state index is 11.2. The molecule has 2 atom stereocenters. The molecule has 2 N–H and O–H groups in total. The van der Waals surface area contributed by atoms with Crippen molar-refractivity contribution < 1.29 is 15.1 Å². The molecule has 5 heteroatoms. The predicted octanol–water partition coefficient (Wildman–Crippen LogP) is 2.98. The summed E-state index contributed by atoms with van der Waals surface area (Å²) in [5, 5.41) is 34.6. The lowest BCUT2D eigenvalue weighted by Gasteiger charge is -2.27. The maximum Gasteiger partial charge on any atom is 0.277 e. The second-order valence-electron chi connectivity index (χ2n) is 5.25. The molecule has 104 valence electrons. The highest BCUT2D eigenvalue weighted by molar-refractivity contribution is 6.14. The third-order valence-corrected chi connectivity index (χ3v) is 4.20. The van der Waals surface area contributed by atoms with Crippen LogP contribution < -0.4 is 0 Å². The van der Waals surface area contributed by atoms with E-state index in [0.717, 1.165) is 10.8 Å². The molecule has 21 heavy (non-hydrogen) atoms. The van der Waals surface area contributed by atoms with E-state index in [1.807, 2.05) is 18.2 Å². The second kappa shape index (κ2) is 4.00. The number of nitro benzene ring substituents is 1. The van der Waals surface area contributed by atoms with Crippen molar-refractivity contribution >= 4 is 27.2 Å². The SMILES string of the molecule is O=[N+]([O-])c1ccc2c3c1ccc1cccc(c13)[C@H](O)[C@H]2O. The van der Waals surface area contributed by atoms with Crippen molar-refractivity contribution in [3.63, 3.8) is 0 Å². The third-order valence-electron chi connectivity index (χ3n) is 4.20. The summed E-state index contributed by atoms with van der Waals surface area (Å²) in [6, 6.07) is 11.9. The first-order valence-electron chi connectivity index (χ1n) is 6.58. The molecule has 4 rings (SSSR count). The Balaban J connectivity index is 2.31. The normalized spacial score (nSPS) is 20.3. The Labute approximate surface area is 119 Å². The van der Waals surface area contributed by atoms with Gasteiger partial charge in [0.2, 0.25) is 0 Å². The first-order valence-corrected chi connectivity index (χ1v) is 6.58. The van der Waals surface area contributed by atoms with Crippen molar-refractivity contribution in [1.29, 1.82) is 0 Å². The molecule has 3 aromatic carbocycles. The first-order chi connectivity index (χ1) is 10.1. The second-order valence-corrected chi connectivity index (χ2v) is 5.25. The molecule has 0 amide bonds. The molecule has 1 aliphatic carbocycles. The van der Waals surface area contributed by atoms with E-state index in [1.54, 1.807) is 12.1 Å². The number of aliphatic hydroxyl groups excluding tert-OH is 2. The Morgan fingerprint density at radius 1 is 0.905 bits per heavy atom. The van der Waals surface area contributed by atoms with Gasteiger partial charge in [-0.15, -0.1) is 0 Å². The van der Waals surface area contributed by atoms with Crippen molar-refractivity contribution in [3.8, 4) is 0 Å². The molecule has 0 bridgehead atoms. The van der Waals surface area contributed by atoms with Crippen LogP contribution in [0.5, 0.6) is 0 Å². The van der Waals surface area contributed by atoms with E-state index in [9.17, 15) is 20.3 Å². The Kier molecular flexibility index (Phi) is 2.34. The van der Waals surface area contributed by atoms with Crippen LogP contribution in [0, 0.1) is 10.1 Å². The topological polar surface area (TPSA) is 83.6 Å². The van der Waals surface area contributed by atoms with Gasteiger partial charge in [-0.1, -0.05) is 24.3 Å². The maximum absolute atomic E-state index is 11.2. The molecular weight excluding hydrogens is 270 g/mol. The van der Waals surface area contributed by atoms with Crippen LogP contribution in [0.4, 0.5) is 5.69 Å². The van der Waals surface area contributed by atoms with Gasteiger partial charge < -0.3 is 10.2 Å². The highest BCUT2D eigenvalue weighted by atomic mass is 16.6. The lowest BCUT2D eigenvalue weighted by molar-refractivity contribution is -0.383. The quantitative estimate of drug-likeness (QED) is 0.408. The number of aliphatic hydroxyl groups is 2. The summed E-state index contributed by atoms with van der Waals surface area (Å²) in [4.78, 5) is 10.8. The fourth-order valence-corrected chi connectivity index (χ4v) is 3.25. The summed E-state index contributed by atoms with van der Waals surface area (Å²) in [7, 11) is 0. The summed E-state index contributed by atoms with van der Waals surface area (Å²) < 4.78 is 0. The molecular formula is C16H11NO4. The van der Waals surface area contributed by atoms with Crippen LogP contribution in [0.2, 0.25) is 0 Å². The Bertz CT molecular complexity index is 919. The Hall–Kier alpha value is -2.50. The van der Waals surface area contributed by atoms with Crippen molar-refractivity contribution in [2.75, 3.05) is 0 Å². The van der Waals surface area contributed by atoms with Crippen LogP contribution in [0.3, 0.4) is 0 Å². The van der Waals surface area contributed by atoms with Gasteiger partial charge in [0.05, 0.1) is 10.3 Å². The number of nitro groups is 1. The van der Waals surface area contributed by atoms with E-state index in [1.165, 1.54) is 12.1 Å². The van der Waals surface area contributed by atoms with Gasteiger partial charge in [-0.3, -0.25) is 10.1 Å². The van der Waals surface area contributed by atoms with E-state index >= 15 is 0 Å². The number of hydrogen-bond acceptors (Lipinski definition) is 4. The summed E-state index contributed by atoms with van der Waals surface area (Å²) in [5.41, 5.74) is 1.15. The molecule has 0 heterocycles. The molecule has 0 aromatic heterocycles. The number of nitrogens with zero attached hydrogens (tertiary/aromatic N) is 1. The molecule has 0 spiro atoms. The zero-order chi connectivity index (χ0) is 14.7. The molecule has 5 nitrogen and oxygen atoms in total. The van der Waals surface area contributed by atoms with Crippen LogP contribution in [0.1, 0.15) is 23.3 Å². The van der Waals surface area contributed by atoms with Crippen LogP contribution in [0.15, 0.2) is 42.5 Å². The number of rotatable bonds is 1. The largest absolute Gasteiger partial charge is 0.385 e. The Morgan fingerprint density at radius 2 is 1.62 bits per heavy atom. The number of non-ortho nitro benzene ring substituents is 1. The van der Waals surface area contributed by atoms with E-state index in [4.69, 9.17) is 0 Å². The average Bonchev–Trinajstić information content (AvgIpc) is 2.50. The highest BCUT2D eigenvalue weighted by Crippen LogP contribution is 2.46. The van der Waals surface area contributed by atoms with Gasteiger partial charge >= 0.3 is 0 Å². The van der Waals surface area contributed by atoms with Gasteiger partial charge in [0.25, 0.3) is 5.69 Å². The van der Waals surface area contributed by atoms with Crippen LogP contribution in [-0.2, 0) is 0 Å². The minimum absolute atomic E-state index is 0.00837. The van der Waals surface area contributed by atoms with Gasteiger partial charge in [0.15, 0.2) is 0 Å². The van der Waals surface area contributed by atoms with Crippen LogP contribution in [-0.4, -0.2) is 15.1 Å². The summed E-state index contributed by atoms with van der Waals surface area (Å²) in [6.07, 6.45) is -2.10. The van der Waals surface area contributed by atoms with Crippen molar-refractivity contribution in [1.82, 2.24) is 0 Å². The van der Waals surface area contributed by atoms with Crippen molar-refractivity contribution in [2.24, 2.45) is 0 Å². The Morgan fingerprint density at radius 3 is 2.33 bits per heavy atom. The molecule has 0 saturated heterocycles. The van der Waals surface area contributed by atoms with Gasteiger partial charge in [-0.25, -0.2) is 0 Å². The fraction of sp³-hybridized carbons (Fsp3) is 0.125. The lowest BCUT2D eigenvalue weighted by atomic mass is 9.82. The van der Waals surface area contributed by atoms with Gasteiger partial charge in [-0.05, 0) is 34.0 Å². The van der Waals surface area contributed by atoms with Crippen molar-refractivity contribution in [3.05, 3.63) is 63.7 Å². The van der Waals surface area contributed by atoms with E-state index in [-0.39, 0.29) is 5.69 Å².